The Morgan fingerprint density at radius 2 is 1.87 bits per heavy atom. The number of fused-ring (bicyclic) bond motifs is 1. The van der Waals surface area contributed by atoms with Crippen molar-refractivity contribution >= 4 is 40.7 Å². The molecule has 13 heteroatoms. The number of carbonyl (C=O) groups excluding carboxylic acids is 2. The van der Waals surface area contributed by atoms with Crippen LogP contribution >= 0.6 is 23.2 Å². The van der Waals surface area contributed by atoms with Crippen molar-refractivity contribution in [1.29, 1.82) is 0 Å². The van der Waals surface area contributed by atoms with E-state index in [1.807, 2.05) is 41.9 Å². The molecule has 7 rings (SSSR count). The number of nitrogens with zero attached hydrogens (tertiary/aromatic N) is 4. The van der Waals surface area contributed by atoms with Crippen molar-refractivity contribution in [2.75, 3.05) is 25.5 Å². The molecule has 2 aliphatic heterocycles. The average molecular weight is 743 g/mol. The lowest BCUT2D eigenvalue weighted by Crippen LogP contribution is -2.35. The third-order valence-corrected chi connectivity index (χ3v) is 10.4. The Morgan fingerprint density at radius 3 is 2.63 bits per heavy atom. The molecule has 10 nitrogen and oxygen atoms in total. The number of carbonyl (C=O) groups is 2. The summed E-state index contributed by atoms with van der Waals surface area (Å²) in [6.45, 7) is 3.29. The highest BCUT2D eigenvalue weighted by atomic mass is 35.5. The molecule has 1 unspecified atom stereocenters. The molecular formula is C39H38Cl2FN7O3. The van der Waals surface area contributed by atoms with Crippen molar-refractivity contribution in [2.24, 2.45) is 7.05 Å². The first-order valence-electron chi connectivity index (χ1n) is 17.1. The van der Waals surface area contributed by atoms with Crippen molar-refractivity contribution < 1.29 is 18.7 Å². The van der Waals surface area contributed by atoms with Gasteiger partial charge in [-0.15, -0.1) is 0 Å². The molecule has 1 atom stereocenters. The number of benzene rings is 3. The zero-order valence-corrected chi connectivity index (χ0v) is 30.3. The zero-order valence-electron chi connectivity index (χ0n) is 28.8. The number of rotatable bonds is 11. The van der Waals surface area contributed by atoms with E-state index >= 15 is 0 Å². The fraction of sp³-hybridized carbons (Fsp3) is 0.282. The van der Waals surface area contributed by atoms with E-state index in [2.05, 4.69) is 25.8 Å². The van der Waals surface area contributed by atoms with Gasteiger partial charge in [-0.05, 0) is 42.3 Å². The molecular weight excluding hydrogens is 704 g/mol. The van der Waals surface area contributed by atoms with E-state index in [4.69, 9.17) is 32.9 Å². The maximum absolute atomic E-state index is 13.6. The van der Waals surface area contributed by atoms with Gasteiger partial charge in [0.15, 0.2) is 5.82 Å². The number of methoxy groups -OCH3 is 1. The Kier molecular flexibility index (Phi) is 10.6. The number of ether oxygens (including phenoxy) is 1. The topological polar surface area (TPSA) is 113 Å². The van der Waals surface area contributed by atoms with Gasteiger partial charge in [-0.2, -0.15) is 0 Å². The molecule has 3 N–H and O–H groups in total. The highest BCUT2D eigenvalue weighted by Gasteiger charge is 2.26. The van der Waals surface area contributed by atoms with Crippen LogP contribution in [0.25, 0.3) is 22.4 Å². The monoisotopic (exact) mass is 741 g/mol. The summed E-state index contributed by atoms with van der Waals surface area (Å²) in [5.74, 6) is 0.428. The standard InChI is InChI=1S/C39H38Cl2FN7O3/c1-48-32-15-17-49(21-23-6-10-26(42)11-7-23)22-31(32)46-38(48)39(51)47-30-5-3-4-28(35(30)40)29-14-16-44-37(36(29)41)24-8-9-25(33(18-24)52-2)19-43-20-27-12-13-34(50)45-27/h3-11,14,16,18,27,43H,12-13,15,17,19-22H2,1-2H3,(H,45,50)(H,47,51). The molecule has 2 amide bonds. The largest absolute Gasteiger partial charge is 0.496 e. The lowest BCUT2D eigenvalue weighted by molar-refractivity contribution is -0.119. The van der Waals surface area contributed by atoms with Crippen LogP contribution < -0.4 is 20.7 Å². The lowest BCUT2D eigenvalue weighted by atomic mass is 10.0. The highest BCUT2D eigenvalue weighted by Crippen LogP contribution is 2.41. The molecule has 0 saturated carbocycles. The van der Waals surface area contributed by atoms with Gasteiger partial charge in [0.2, 0.25) is 5.91 Å². The van der Waals surface area contributed by atoms with E-state index in [1.165, 1.54) is 12.1 Å². The molecule has 2 aliphatic rings. The molecule has 0 radical (unpaired) electrons. The van der Waals surface area contributed by atoms with Crippen molar-refractivity contribution in [3.05, 3.63) is 117 Å². The number of aromatic nitrogens is 3. The maximum Gasteiger partial charge on any atom is 0.291 e. The van der Waals surface area contributed by atoms with Gasteiger partial charge in [-0.1, -0.05) is 59.6 Å². The summed E-state index contributed by atoms with van der Waals surface area (Å²) in [4.78, 5) is 36.7. The molecule has 5 aromatic rings. The van der Waals surface area contributed by atoms with Gasteiger partial charge in [-0.25, -0.2) is 9.37 Å². The minimum atomic E-state index is -0.378. The van der Waals surface area contributed by atoms with Crippen LogP contribution in [-0.4, -0.2) is 57.5 Å². The van der Waals surface area contributed by atoms with E-state index in [-0.39, 0.29) is 29.5 Å². The highest BCUT2D eigenvalue weighted by molar-refractivity contribution is 6.39. The van der Waals surface area contributed by atoms with Crippen LogP contribution in [0.4, 0.5) is 10.1 Å². The second-order valence-electron chi connectivity index (χ2n) is 13.1. The van der Waals surface area contributed by atoms with Gasteiger partial charge in [-0.3, -0.25) is 19.5 Å². The summed E-state index contributed by atoms with van der Waals surface area (Å²) >= 11 is 14.0. The van der Waals surface area contributed by atoms with E-state index in [0.717, 1.165) is 47.5 Å². The lowest BCUT2D eigenvalue weighted by Gasteiger charge is -2.26. The minimum Gasteiger partial charge on any atom is -0.496 e. The molecule has 3 aromatic carbocycles. The van der Waals surface area contributed by atoms with Crippen LogP contribution in [0.1, 0.15) is 46.0 Å². The smallest absolute Gasteiger partial charge is 0.291 e. The molecule has 1 saturated heterocycles. The number of hydrogen-bond acceptors (Lipinski definition) is 7. The van der Waals surface area contributed by atoms with E-state index in [0.29, 0.717) is 70.9 Å². The number of pyridine rings is 1. The fourth-order valence-electron chi connectivity index (χ4n) is 6.89. The van der Waals surface area contributed by atoms with Gasteiger partial charge >= 0.3 is 0 Å². The van der Waals surface area contributed by atoms with Crippen LogP contribution in [0.15, 0.2) is 72.9 Å². The summed E-state index contributed by atoms with van der Waals surface area (Å²) in [6.07, 6.45) is 3.80. The van der Waals surface area contributed by atoms with Crippen LogP contribution in [0.3, 0.4) is 0 Å². The van der Waals surface area contributed by atoms with Crippen molar-refractivity contribution in [1.82, 2.24) is 30.1 Å². The van der Waals surface area contributed by atoms with E-state index in [9.17, 15) is 14.0 Å². The molecule has 4 heterocycles. The predicted molar refractivity (Wildman–Crippen MR) is 200 cm³/mol. The molecule has 52 heavy (non-hydrogen) atoms. The first-order valence-corrected chi connectivity index (χ1v) is 17.9. The Hall–Kier alpha value is -4.81. The Balaban J connectivity index is 1.06. The van der Waals surface area contributed by atoms with Crippen LogP contribution in [-0.2, 0) is 37.9 Å². The second kappa shape index (κ2) is 15.4. The number of imidazole rings is 1. The quantitative estimate of drug-likeness (QED) is 0.137. The summed E-state index contributed by atoms with van der Waals surface area (Å²) < 4.78 is 20.9. The predicted octanol–water partition coefficient (Wildman–Crippen LogP) is 6.78. The number of anilines is 1. The fourth-order valence-corrected chi connectivity index (χ4v) is 7.48. The third-order valence-electron chi connectivity index (χ3n) is 9.64. The average Bonchev–Trinajstić information content (AvgIpc) is 3.72. The van der Waals surface area contributed by atoms with Gasteiger partial charge in [0.05, 0.1) is 34.2 Å². The number of amides is 2. The summed E-state index contributed by atoms with van der Waals surface area (Å²) in [7, 11) is 3.47. The van der Waals surface area contributed by atoms with Crippen molar-refractivity contribution in [3.63, 3.8) is 0 Å². The summed E-state index contributed by atoms with van der Waals surface area (Å²) in [5.41, 5.74) is 6.88. The number of halogens is 3. The van der Waals surface area contributed by atoms with E-state index in [1.54, 1.807) is 37.6 Å². The van der Waals surface area contributed by atoms with Gasteiger partial charge in [0, 0.05) is 92.8 Å². The van der Waals surface area contributed by atoms with Crippen LogP contribution in [0.2, 0.25) is 10.0 Å². The summed E-state index contributed by atoms with van der Waals surface area (Å²) in [5, 5.41) is 10.1. The molecule has 0 bridgehead atoms. The van der Waals surface area contributed by atoms with Gasteiger partial charge in [0.25, 0.3) is 5.91 Å². The third kappa shape index (κ3) is 7.54. The number of nitrogens with one attached hydrogen (secondary N) is 3. The van der Waals surface area contributed by atoms with E-state index < -0.39 is 0 Å². The number of hydrogen-bond donors (Lipinski definition) is 3. The Morgan fingerprint density at radius 1 is 1.06 bits per heavy atom. The molecule has 0 aliphatic carbocycles. The molecule has 0 spiro atoms. The molecule has 1 fully saturated rings. The Bertz CT molecular complexity index is 2140. The Labute approximate surface area is 311 Å². The first kappa shape index (κ1) is 35.6. The maximum atomic E-state index is 13.6. The minimum absolute atomic E-state index is 0.0923. The molecule has 268 valence electrons. The van der Waals surface area contributed by atoms with Crippen molar-refractivity contribution in [2.45, 2.75) is 44.9 Å². The van der Waals surface area contributed by atoms with Gasteiger partial charge in [0.1, 0.15) is 11.6 Å². The molecule has 2 aromatic heterocycles. The summed E-state index contributed by atoms with van der Waals surface area (Å²) in [6, 6.07) is 19.7. The first-order chi connectivity index (χ1) is 25.2. The van der Waals surface area contributed by atoms with Crippen molar-refractivity contribution in [3.8, 4) is 28.1 Å². The second-order valence-corrected chi connectivity index (χ2v) is 13.8. The van der Waals surface area contributed by atoms with Crippen LogP contribution in [0.5, 0.6) is 5.75 Å². The van der Waals surface area contributed by atoms with Gasteiger partial charge < -0.3 is 25.3 Å². The zero-order chi connectivity index (χ0) is 36.4. The normalized spacial score (nSPS) is 15.7. The van der Waals surface area contributed by atoms with Crippen LogP contribution in [0, 0.1) is 5.82 Å². The SMILES string of the molecule is COc1cc(-c2nccc(-c3cccc(NC(=O)c4nc5c(n4C)CCN(Cc4ccc(F)cc4)C5)c3Cl)c2Cl)ccc1CNCC1CCC(=O)N1.